The van der Waals surface area contributed by atoms with Crippen LogP contribution < -0.4 is 9.47 Å². The van der Waals surface area contributed by atoms with Crippen LogP contribution in [0.25, 0.3) is 0 Å². The summed E-state index contributed by atoms with van der Waals surface area (Å²) in [4.78, 5) is 18.8. The molecule has 0 radical (unpaired) electrons. The standard InChI is InChI=1S/C17H19N3O3/c21-17(16-11-22-14-5-1-2-6-15(14)23-16)19-8-3-4-13(10-19)20-9-7-18-12-20/h1-2,5-7,9,12-13,16H,3-4,8,10-11H2/t13-,16-/m1/s1. The van der Waals surface area contributed by atoms with Crippen molar-refractivity contribution in [1.29, 1.82) is 0 Å². The number of para-hydroxylation sites is 2. The molecule has 1 fully saturated rings. The molecule has 2 aliphatic heterocycles. The van der Waals surface area contributed by atoms with Crippen LogP contribution in [0.5, 0.6) is 11.5 Å². The molecule has 1 amide bonds. The van der Waals surface area contributed by atoms with E-state index in [1.165, 1.54) is 0 Å². The third-order valence-corrected chi connectivity index (χ3v) is 4.44. The number of piperidine rings is 1. The molecule has 1 saturated heterocycles. The minimum absolute atomic E-state index is 0.00400. The van der Waals surface area contributed by atoms with Gasteiger partial charge in [-0.15, -0.1) is 0 Å². The molecule has 0 spiro atoms. The van der Waals surface area contributed by atoms with Crippen LogP contribution in [0.2, 0.25) is 0 Å². The van der Waals surface area contributed by atoms with Gasteiger partial charge in [-0.05, 0) is 25.0 Å². The second kappa shape index (κ2) is 5.95. The highest BCUT2D eigenvalue weighted by molar-refractivity contribution is 5.82. The maximum absolute atomic E-state index is 12.8. The lowest BCUT2D eigenvalue weighted by Gasteiger charge is -2.36. The number of benzene rings is 1. The summed E-state index contributed by atoms with van der Waals surface area (Å²) in [6.45, 7) is 1.73. The number of hydrogen-bond donors (Lipinski definition) is 0. The minimum Gasteiger partial charge on any atom is -0.485 e. The van der Waals surface area contributed by atoms with E-state index in [2.05, 4.69) is 9.55 Å². The van der Waals surface area contributed by atoms with Gasteiger partial charge in [-0.2, -0.15) is 0 Å². The van der Waals surface area contributed by atoms with Crippen LogP contribution in [0, 0.1) is 0 Å². The number of carbonyl (C=O) groups excluding carboxylic acids is 1. The number of rotatable bonds is 2. The first-order chi connectivity index (χ1) is 11.3. The number of aromatic nitrogens is 2. The van der Waals surface area contributed by atoms with Crippen molar-refractivity contribution in [1.82, 2.24) is 14.5 Å². The van der Waals surface area contributed by atoms with Gasteiger partial charge in [0.15, 0.2) is 11.5 Å². The molecule has 0 unspecified atom stereocenters. The van der Waals surface area contributed by atoms with Gasteiger partial charge < -0.3 is 18.9 Å². The number of likely N-dealkylation sites (tertiary alicyclic amines) is 1. The molecule has 4 rings (SSSR count). The van der Waals surface area contributed by atoms with Crippen LogP contribution in [-0.4, -0.2) is 46.2 Å². The Labute approximate surface area is 134 Å². The third kappa shape index (κ3) is 2.76. The maximum Gasteiger partial charge on any atom is 0.267 e. The van der Waals surface area contributed by atoms with Gasteiger partial charge >= 0.3 is 0 Å². The van der Waals surface area contributed by atoms with Crippen molar-refractivity contribution in [3.8, 4) is 11.5 Å². The highest BCUT2D eigenvalue weighted by Crippen LogP contribution is 2.32. The summed E-state index contributed by atoms with van der Waals surface area (Å²) in [5.74, 6) is 1.34. The average Bonchev–Trinajstić information content (AvgIpc) is 3.15. The zero-order valence-electron chi connectivity index (χ0n) is 12.8. The lowest BCUT2D eigenvalue weighted by molar-refractivity contribution is -0.142. The summed E-state index contributed by atoms with van der Waals surface area (Å²) < 4.78 is 13.6. The van der Waals surface area contributed by atoms with Gasteiger partial charge in [0.2, 0.25) is 6.10 Å². The Hall–Kier alpha value is -2.50. The van der Waals surface area contributed by atoms with Crippen molar-refractivity contribution < 1.29 is 14.3 Å². The summed E-state index contributed by atoms with van der Waals surface area (Å²) >= 11 is 0. The number of imidazole rings is 1. The Bertz CT molecular complexity index is 686. The van der Waals surface area contributed by atoms with E-state index in [1.807, 2.05) is 41.7 Å². The second-order valence-corrected chi connectivity index (χ2v) is 5.95. The molecule has 0 N–H and O–H groups in total. The molecule has 0 aliphatic carbocycles. The van der Waals surface area contributed by atoms with Gasteiger partial charge in [0, 0.05) is 25.5 Å². The van der Waals surface area contributed by atoms with Crippen LogP contribution in [0.4, 0.5) is 0 Å². The van der Waals surface area contributed by atoms with Crippen molar-refractivity contribution in [2.45, 2.75) is 25.0 Å². The zero-order chi connectivity index (χ0) is 15.6. The highest BCUT2D eigenvalue weighted by atomic mass is 16.6. The molecular formula is C17H19N3O3. The number of carbonyl (C=O) groups is 1. The van der Waals surface area contributed by atoms with Gasteiger partial charge in [-0.25, -0.2) is 4.98 Å². The normalized spacial score (nSPS) is 23.6. The molecular weight excluding hydrogens is 294 g/mol. The molecule has 6 heteroatoms. The molecule has 120 valence electrons. The fourth-order valence-electron chi connectivity index (χ4n) is 3.23. The number of ether oxygens (including phenoxy) is 2. The molecule has 1 aromatic carbocycles. The molecule has 2 aliphatic rings. The van der Waals surface area contributed by atoms with Crippen LogP contribution in [0.1, 0.15) is 18.9 Å². The quantitative estimate of drug-likeness (QED) is 0.849. The van der Waals surface area contributed by atoms with Crippen LogP contribution >= 0.6 is 0 Å². The summed E-state index contributed by atoms with van der Waals surface area (Å²) in [6, 6.07) is 7.74. The fraction of sp³-hybridized carbons (Fsp3) is 0.412. The number of nitrogens with zero attached hydrogens (tertiary/aromatic N) is 3. The molecule has 0 bridgehead atoms. The minimum atomic E-state index is -0.563. The van der Waals surface area contributed by atoms with Crippen molar-refractivity contribution in [2.75, 3.05) is 19.7 Å². The zero-order valence-corrected chi connectivity index (χ0v) is 12.8. The molecule has 2 aromatic rings. The lowest BCUT2D eigenvalue weighted by atomic mass is 10.0. The summed E-state index contributed by atoms with van der Waals surface area (Å²) in [6.07, 6.45) is 7.02. The molecule has 3 heterocycles. The van der Waals surface area contributed by atoms with Crippen molar-refractivity contribution in [3.05, 3.63) is 43.0 Å². The number of amides is 1. The van der Waals surface area contributed by atoms with E-state index in [4.69, 9.17) is 9.47 Å². The third-order valence-electron chi connectivity index (χ3n) is 4.44. The first kappa shape index (κ1) is 14.1. The Morgan fingerprint density at radius 2 is 2.13 bits per heavy atom. The van der Waals surface area contributed by atoms with E-state index in [9.17, 15) is 4.79 Å². The monoisotopic (exact) mass is 313 g/mol. The van der Waals surface area contributed by atoms with Crippen molar-refractivity contribution >= 4 is 5.91 Å². The van der Waals surface area contributed by atoms with Gasteiger partial charge in [0.05, 0.1) is 12.4 Å². The van der Waals surface area contributed by atoms with E-state index >= 15 is 0 Å². The SMILES string of the molecule is O=C([C@H]1COc2ccccc2O1)N1CCC[C@@H](n2ccnc2)C1. The smallest absolute Gasteiger partial charge is 0.267 e. The Balaban J connectivity index is 1.45. The van der Waals surface area contributed by atoms with Gasteiger partial charge in [0.1, 0.15) is 6.61 Å². The first-order valence-corrected chi connectivity index (χ1v) is 7.96. The highest BCUT2D eigenvalue weighted by Gasteiger charge is 2.33. The van der Waals surface area contributed by atoms with Crippen molar-refractivity contribution in [3.63, 3.8) is 0 Å². The van der Waals surface area contributed by atoms with Gasteiger partial charge in [-0.3, -0.25) is 4.79 Å². The average molecular weight is 313 g/mol. The van der Waals surface area contributed by atoms with E-state index in [1.54, 1.807) is 6.20 Å². The van der Waals surface area contributed by atoms with E-state index in [0.29, 0.717) is 18.0 Å². The fourth-order valence-corrected chi connectivity index (χ4v) is 3.23. The van der Waals surface area contributed by atoms with Crippen molar-refractivity contribution in [2.24, 2.45) is 0 Å². The second-order valence-electron chi connectivity index (χ2n) is 5.95. The summed E-state index contributed by atoms with van der Waals surface area (Å²) in [5, 5.41) is 0. The Morgan fingerprint density at radius 1 is 1.26 bits per heavy atom. The summed E-state index contributed by atoms with van der Waals surface area (Å²) in [7, 11) is 0. The number of fused-ring (bicyclic) bond motifs is 1. The van der Waals surface area contributed by atoms with Gasteiger partial charge in [0.25, 0.3) is 5.91 Å². The predicted octanol–water partition coefficient (Wildman–Crippen LogP) is 1.89. The van der Waals surface area contributed by atoms with Gasteiger partial charge in [-0.1, -0.05) is 12.1 Å². The number of hydrogen-bond acceptors (Lipinski definition) is 4. The van der Waals surface area contributed by atoms with Crippen LogP contribution in [0.3, 0.4) is 0 Å². The Morgan fingerprint density at radius 3 is 2.96 bits per heavy atom. The van der Waals surface area contributed by atoms with E-state index < -0.39 is 6.10 Å². The predicted molar refractivity (Wildman–Crippen MR) is 83.4 cm³/mol. The lowest BCUT2D eigenvalue weighted by Crippen LogP contribution is -2.49. The Kier molecular flexibility index (Phi) is 3.65. The van der Waals surface area contributed by atoms with Crippen LogP contribution in [-0.2, 0) is 4.79 Å². The first-order valence-electron chi connectivity index (χ1n) is 7.96. The topological polar surface area (TPSA) is 56.6 Å². The summed E-state index contributed by atoms with van der Waals surface area (Å²) in [5.41, 5.74) is 0. The largest absolute Gasteiger partial charge is 0.485 e. The molecule has 0 saturated carbocycles. The molecule has 2 atom stereocenters. The van der Waals surface area contributed by atoms with E-state index in [-0.39, 0.29) is 18.6 Å². The molecule has 6 nitrogen and oxygen atoms in total. The maximum atomic E-state index is 12.8. The molecule has 1 aromatic heterocycles. The van der Waals surface area contributed by atoms with E-state index in [0.717, 1.165) is 19.4 Å². The van der Waals surface area contributed by atoms with Crippen LogP contribution in [0.15, 0.2) is 43.0 Å². The molecule has 23 heavy (non-hydrogen) atoms.